The van der Waals surface area contributed by atoms with Gasteiger partial charge >= 0.3 is 0 Å². The molecule has 3 rings (SSSR count). The Balaban J connectivity index is 2.03. The van der Waals surface area contributed by atoms with E-state index in [0.29, 0.717) is 27.7 Å². The van der Waals surface area contributed by atoms with Gasteiger partial charge in [-0.05, 0) is 47.4 Å². The second-order valence-corrected chi connectivity index (χ2v) is 7.79. The molecule has 0 aliphatic carbocycles. The van der Waals surface area contributed by atoms with E-state index < -0.39 is 6.10 Å². The van der Waals surface area contributed by atoms with E-state index >= 15 is 0 Å². The van der Waals surface area contributed by atoms with Gasteiger partial charge in [0.05, 0.1) is 38.9 Å². The summed E-state index contributed by atoms with van der Waals surface area (Å²) in [6.45, 7) is -0.381. The first kappa shape index (κ1) is 22.7. The van der Waals surface area contributed by atoms with Crippen molar-refractivity contribution in [3.8, 4) is 17.2 Å². The molecule has 0 spiro atoms. The van der Waals surface area contributed by atoms with Crippen LogP contribution in [0, 0.1) is 0 Å². The molecule has 7 nitrogen and oxygen atoms in total. The maximum absolute atomic E-state index is 13.4. The number of benzene rings is 2. The number of rotatable bonds is 10. The number of hydrogen-bond donors (Lipinski definition) is 3. The Kier molecular flexibility index (Phi) is 7.62. The molecular weight excluding hydrogens is 418 g/mol. The lowest BCUT2D eigenvalue weighted by atomic mass is 10.1. The highest BCUT2D eigenvalue weighted by Gasteiger charge is 2.21. The van der Waals surface area contributed by atoms with Crippen molar-refractivity contribution in [3.05, 3.63) is 58.6 Å². The van der Waals surface area contributed by atoms with E-state index in [1.807, 2.05) is 30.5 Å². The molecular formula is C23H25NO6S. The molecule has 8 heteroatoms. The highest BCUT2D eigenvalue weighted by Crippen LogP contribution is 2.39. The fourth-order valence-corrected chi connectivity index (χ4v) is 4.02. The van der Waals surface area contributed by atoms with Gasteiger partial charge in [0.15, 0.2) is 17.3 Å². The fourth-order valence-electron chi connectivity index (χ4n) is 3.08. The van der Waals surface area contributed by atoms with Crippen molar-refractivity contribution in [2.24, 2.45) is 0 Å². The Morgan fingerprint density at radius 1 is 1.10 bits per heavy atom. The molecule has 3 aromatic rings. The molecule has 1 atom stereocenters. The number of fused-ring (bicyclic) bond motifs is 1. The first-order chi connectivity index (χ1) is 15.0. The summed E-state index contributed by atoms with van der Waals surface area (Å²) in [5.74, 6) is 1.06. The van der Waals surface area contributed by atoms with Gasteiger partial charge in [0.25, 0.3) is 0 Å². The number of aromatic amines is 1. The molecule has 0 aliphatic heterocycles. The number of ketones is 1. The smallest absolute Gasteiger partial charge is 0.203 e. The zero-order chi connectivity index (χ0) is 22.4. The Bertz CT molecular complexity index is 1070. The Labute approximate surface area is 184 Å². The van der Waals surface area contributed by atoms with Crippen LogP contribution >= 0.6 is 11.8 Å². The number of hydrogen-bond acceptors (Lipinski definition) is 7. The van der Waals surface area contributed by atoms with Crippen LogP contribution in [-0.2, 0) is 0 Å². The number of aliphatic hydroxyl groups excluding tert-OH is 2. The second-order valence-electron chi connectivity index (χ2n) is 6.72. The van der Waals surface area contributed by atoms with E-state index in [1.54, 1.807) is 18.2 Å². The third-order valence-corrected chi connectivity index (χ3v) is 5.83. The number of allylic oxidation sites excluding steroid dienone is 1. The van der Waals surface area contributed by atoms with Gasteiger partial charge in [0, 0.05) is 23.0 Å². The van der Waals surface area contributed by atoms with Crippen LogP contribution in [0.5, 0.6) is 17.2 Å². The number of aromatic nitrogens is 1. The summed E-state index contributed by atoms with van der Waals surface area (Å²) in [6, 6.07) is 11.0. The molecule has 1 heterocycles. The lowest BCUT2D eigenvalue weighted by Gasteiger charge is -2.15. The number of carbonyl (C=O) groups is 1. The lowest BCUT2D eigenvalue weighted by Crippen LogP contribution is -2.16. The zero-order valence-electron chi connectivity index (χ0n) is 17.5. The number of Topliss-reactive ketones (excluding diaryl/α,β-unsaturated/α-hetero) is 1. The average Bonchev–Trinajstić information content (AvgIpc) is 3.27. The van der Waals surface area contributed by atoms with Crippen LogP contribution in [0.2, 0.25) is 0 Å². The predicted octanol–water partition coefficient (Wildman–Crippen LogP) is 3.50. The summed E-state index contributed by atoms with van der Waals surface area (Å²) in [5, 5.41) is 20.0. The molecule has 31 heavy (non-hydrogen) atoms. The fraction of sp³-hybridized carbons (Fsp3) is 0.261. The zero-order valence-corrected chi connectivity index (χ0v) is 18.4. The minimum absolute atomic E-state index is 0.172. The standard InChI is InChI=1S/C23H25NO6S/c1-28-19-10-16(11-20(29-2)23(19)30-3)22(27)21(31-13-17(26)12-25)9-14-4-5-18-15(8-14)6-7-24-18/h4-11,17,24-26H,12-13H2,1-3H3/b21-9+. The van der Waals surface area contributed by atoms with Crippen molar-refractivity contribution in [3.63, 3.8) is 0 Å². The maximum Gasteiger partial charge on any atom is 0.203 e. The van der Waals surface area contributed by atoms with E-state index in [4.69, 9.17) is 19.3 Å². The molecule has 0 amide bonds. The summed E-state index contributed by atoms with van der Waals surface area (Å²) in [4.78, 5) is 17.0. The number of H-pyrrole nitrogens is 1. The van der Waals surface area contributed by atoms with Gasteiger partial charge in [0.2, 0.25) is 5.75 Å². The van der Waals surface area contributed by atoms with Gasteiger partial charge in [0.1, 0.15) is 0 Å². The van der Waals surface area contributed by atoms with Crippen molar-refractivity contribution in [2.75, 3.05) is 33.7 Å². The molecule has 0 radical (unpaired) electrons. The summed E-state index contributed by atoms with van der Waals surface area (Å²) in [7, 11) is 4.47. The van der Waals surface area contributed by atoms with E-state index in [-0.39, 0.29) is 18.1 Å². The predicted molar refractivity (Wildman–Crippen MR) is 122 cm³/mol. The van der Waals surface area contributed by atoms with E-state index in [2.05, 4.69) is 4.98 Å². The van der Waals surface area contributed by atoms with E-state index in [0.717, 1.165) is 16.5 Å². The molecule has 0 bridgehead atoms. The average molecular weight is 444 g/mol. The van der Waals surface area contributed by atoms with Crippen LogP contribution in [0.4, 0.5) is 0 Å². The molecule has 2 aromatic carbocycles. The minimum atomic E-state index is -0.937. The third kappa shape index (κ3) is 5.22. The molecule has 1 aromatic heterocycles. The number of aliphatic hydroxyl groups is 2. The van der Waals surface area contributed by atoms with Crippen molar-refractivity contribution in [1.82, 2.24) is 4.98 Å². The summed E-state index contributed by atoms with van der Waals surface area (Å²) in [6.07, 6.45) is 2.69. The highest BCUT2D eigenvalue weighted by atomic mass is 32.2. The highest BCUT2D eigenvalue weighted by molar-refractivity contribution is 8.04. The van der Waals surface area contributed by atoms with Crippen molar-refractivity contribution >= 4 is 34.5 Å². The summed E-state index contributed by atoms with van der Waals surface area (Å²) < 4.78 is 16.1. The summed E-state index contributed by atoms with van der Waals surface area (Å²) >= 11 is 1.18. The van der Waals surface area contributed by atoms with Crippen LogP contribution in [0.3, 0.4) is 0 Å². The van der Waals surface area contributed by atoms with Gasteiger partial charge in [-0.15, -0.1) is 11.8 Å². The molecule has 1 unspecified atom stereocenters. The van der Waals surface area contributed by atoms with Crippen LogP contribution < -0.4 is 14.2 Å². The van der Waals surface area contributed by atoms with Gasteiger partial charge in [-0.25, -0.2) is 0 Å². The van der Waals surface area contributed by atoms with Crippen LogP contribution in [-0.4, -0.2) is 60.8 Å². The van der Waals surface area contributed by atoms with Crippen molar-refractivity contribution in [1.29, 1.82) is 0 Å². The van der Waals surface area contributed by atoms with E-state index in [1.165, 1.54) is 33.1 Å². The molecule has 0 saturated heterocycles. The monoisotopic (exact) mass is 443 g/mol. The third-order valence-electron chi connectivity index (χ3n) is 4.67. The quantitative estimate of drug-likeness (QED) is 0.326. The second kappa shape index (κ2) is 10.4. The van der Waals surface area contributed by atoms with Crippen LogP contribution in [0.15, 0.2) is 47.5 Å². The Morgan fingerprint density at radius 2 is 1.81 bits per heavy atom. The Hall–Kier alpha value is -2.94. The number of ether oxygens (including phenoxy) is 3. The molecule has 0 aliphatic rings. The van der Waals surface area contributed by atoms with Crippen molar-refractivity contribution in [2.45, 2.75) is 6.10 Å². The molecule has 0 saturated carbocycles. The van der Waals surface area contributed by atoms with Crippen LogP contribution in [0.25, 0.3) is 17.0 Å². The lowest BCUT2D eigenvalue weighted by molar-refractivity contribution is 0.104. The van der Waals surface area contributed by atoms with Crippen molar-refractivity contribution < 1.29 is 29.2 Å². The van der Waals surface area contributed by atoms with Crippen LogP contribution in [0.1, 0.15) is 15.9 Å². The number of methoxy groups -OCH3 is 3. The number of thioether (sulfide) groups is 1. The molecule has 0 fully saturated rings. The van der Waals surface area contributed by atoms with Gasteiger partial charge < -0.3 is 29.4 Å². The maximum atomic E-state index is 13.4. The molecule has 164 valence electrons. The SMILES string of the molecule is COc1cc(C(=O)/C(=C\c2ccc3[nH]ccc3c2)SCC(O)CO)cc(OC)c1OC. The normalized spacial score (nSPS) is 12.6. The number of carbonyl (C=O) groups excluding carboxylic acids is 1. The van der Waals surface area contributed by atoms with E-state index in [9.17, 15) is 9.90 Å². The van der Waals surface area contributed by atoms with Gasteiger partial charge in [-0.1, -0.05) is 6.07 Å². The minimum Gasteiger partial charge on any atom is -0.493 e. The largest absolute Gasteiger partial charge is 0.493 e. The summed E-state index contributed by atoms with van der Waals surface area (Å²) in [5.41, 5.74) is 2.20. The Morgan fingerprint density at radius 3 is 2.42 bits per heavy atom. The topological polar surface area (TPSA) is 101 Å². The number of nitrogens with one attached hydrogen (secondary N) is 1. The molecule has 3 N–H and O–H groups in total. The first-order valence-electron chi connectivity index (χ1n) is 9.56. The van der Waals surface area contributed by atoms with Gasteiger partial charge in [-0.3, -0.25) is 4.79 Å². The first-order valence-corrected chi connectivity index (χ1v) is 10.5. The van der Waals surface area contributed by atoms with Gasteiger partial charge in [-0.2, -0.15) is 0 Å².